The molecule has 0 amide bonds. The molecule has 37 heavy (non-hydrogen) atoms. The van der Waals surface area contributed by atoms with Gasteiger partial charge in [-0.2, -0.15) is 0 Å². The quantitative estimate of drug-likeness (QED) is 0.266. The topological polar surface area (TPSA) is 21.6 Å². The maximum absolute atomic E-state index is 4.56. The molecule has 0 bridgehead atoms. The maximum atomic E-state index is 4.56. The average molecular weight is 499 g/mol. The van der Waals surface area contributed by atoms with Crippen molar-refractivity contribution in [2.24, 2.45) is 10.9 Å². The number of hydrogen-bond donors (Lipinski definition) is 0. The molecule has 4 nitrogen and oxygen atoms in total. The highest BCUT2D eigenvalue weighted by molar-refractivity contribution is 5.99. The molecule has 2 aromatic carbocycles. The molecule has 2 aliphatic heterocycles. The van der Waals surface area contributed by atoms with Crippen molar-refractivity contribution < 1.29 is 9.15 Å². The molecule has 1 spiro atoms. The monoisotopic (exact) mass is 498 g/mol. The van der Waals surface area contributed by atoms with E-state index in [0.29, 0.717) is 23.9 Å². The van der Waals surface area contributed by atoms with Gasteiger partial charge in [-0.1, -0.05) is 63.9 Å². The van der Waals surface area contributed by atoms with E-state index in [9.17, 15) is 0 Å². The second-order valence-corrected chi connectivity index (χ2v) is 13.4. The second kappa shape index (κ2) is 8.38. The van der Waals surface area contributed by atoms with Gasteiger partial charge in [0.2, 0.25) is 5.54 Å². The smallest absolute Gasteiger partial charge is 0.294 e. The van der Waals surface area contributed by atoms with Gasteiger partial charge in [-0.05, 0) is 73.9 Å². The van der Waals surface area contributed by atoms with Crippen LogP contribution in [0.1, 0.15) is 91.8 Å². The van der Waals surface area contributed by atoms with Crippen molar-refractivity contribution in [2.45, 2.75) is 104 Å². The van der Waals surface area contributed by atoms with E-state index in [2.05, 4.69) is 144 Å². The first-order chi connectivity index (χ1) is 17.3. The summed E-state index contributed by atoms with van der Waals surface area (Å²) < 4.78 is 5.10. The van der Waals surface area contributed by atoms with Gasteiger partial charge in [0.15, 0.2) is 6.21 Å². The molecule has 3 atom stereocenters. The zero-order valence-corrected chi connectivity index (χ0v) is 24.8. The summed E-state index contributed by atoms with van der Waals surface area (Å²) in [7, 11) is 1.89. The molecule has 1 fully saturated rings. The van der Waals surface area contributed by atoms with Crippen LogP contribution in [0.4, 0.5) is 0 Å². The molecule has 0 N–H and O–H groups in total. The molecule has 1 saturated carbocycles. The van der Waals surface area contributed by atoms with E-state index in [-0.39, 0.29) is 16.6 Å². The summed E-state index contributed by atoms with van der Waals surface area (Å²) in [6.07, 6.45) is 9.35. The van der Waals surface area contributed by atoms with Crippen molar-refractivity contribution in [1.82, 2.24) is 4.90 Å². The van der Waals surface area contributed by atoms with E-state index in [1.807, 2.05) is 7.05 Å². The minimum atomic E-state index is -0.220. The highest BCUT2D eigenvalue weighted by atomic mass is 15.5. The summed E-state index contributed by atoms with van der Waals surface area (Å²) in [5, 5.41) is 2.78. The molecule has 5 rings (SSSR count). The molecule has 0 aromatic heterocycles. The summed E-state index contributed by atoms with van der Waals surface area (Å²) in [6.45, 7) is 23.4. The number of nitrogens with zero attached hydrogens (tertiary/aromatic N) is 4. The highest BCUT2D eigenvalue weighted by Crippen LogP contribution is 2.70. The van der Waals surface area contributed by atoms with E-state index in [0.717, 1.165) is 0 Å². The minimum Gasteiger partial charge on any atom is -0.311 e. The molecule has 2 aromatic rings. The van der Waals surface area contributed by atoms with Gasteiger partial charge in [-0.25, -0.2) is 9.15 Å². The zero-order valence-electron chi connectivity index (χ0n) is 24.8. The molecule has 1 aliphatic carbocycles. The molecule has 3 unspecified atom stereocenters. The normalized spacial score (nSPS) is 27.2. The Morgan fingerprint density at radius 1 is 1.00 bits per heavy atom. The van der Waals surface area contributed by atoms with E-state index in [1.54, 1.807) is 0 Å². The second-order valence-electron chi connectivity index (χ2n) is 13.4. The molecular formula is C33H46N4+2. The number of rotatable bonds is 4. The van der Waals surface area contributed by atoms with Crippen LogP contribution in [0, 0.1) is 5.92 Å². The fourth-order valence-electron chi connectivity index (χ4n) is 7.31. The Morgan fingerprint density at radius 2 is 1.65 bits per heavy atom. The van der Waals surface area contributed by atoms with Crippen LogP contribution in [0.3, 0.4) is 0 Å². The van der Waals surface area contributed by atoms with E-state index in [4.69, 9.17) is 0 Å². The van der Waals surface area contributed by atoms with Gasteiger partial charge in [-0.15, -0.1) is 0 Å². The Kier molecular flexibility index (Phi) is 5.86. The van der Waals surface area contributed by atoms with Crippen LogP contribution < -0.4 is 0 Å². The molecule has 3 aliphatic rings. The number of fused-ring (bicyclic) bond motifs is 7. The van der Waals surface area contributed by atoms with Gasteiger partial charge in [0.25, 0.3) is 12.0 Å². The zero-order chi connectivity index (χ0) is 27.1. The van der Waals surface area contributed by atoms with Crippen LogP contribution in [0.2, 0.25) is 0 Å². The maximum Gasteiger partial charge on any atom is 0.294 e. The van der Waals surface area contributed by atoms with Crippen LogP contribution in [-0.2, 0) is 5.41 Å². The van der Waals surface area contributed by atoms with E-state index in [1.165, 1.54) is 33.0 Å². The molecule has 196 valence electrons. The van der Waals surface area contributed by atoms with Gasteiger partial charge < -0.3 is 4.90 Å². The van der Waals surface area contributed by atoms with Crippen molar-refractivity contribution in [3.63, 3.8) is 0 Å². The SMILES string of the molecule is CN=C[N+]1=Cc2cc(C(C)(C)C)c3ccccc3c2C2C1(C)C21N(C(C)C)C=C(C(C)C)C=[N+]1C(C)C. The summed E-state index contributed by atoms with van der Waals surface area (Å²) >= 11 is 0. The summed E-state index contributed by atoms with van der Waals surface area (Å²) in [6, 6.07) is 12.3. The van der Waals surface area contributed by atoms with E-state index >= 15 is 0 Å². The summed E-state index contributed by atoms with van der Waals surface area (Å²) in [5.74, 6) is 0.763. The van der Waals surface area contributed by atoms with Crippen LogP contribution in [0.25, 0.3) is 10.8 Å². The molecule has 2 heterocycles. The average Bonchev–Trinajstić information content (AvgIpc) is 3.37. The number of aliphatic imine (C=N–C) groups is 1. The first-order valence-corrected chi connectivity index (χ1v) is 14.1. The highest BCUT2D eigenvalue weighted by Gasteiger charge is 2.92. The minimum absolute atomic E-state index is 0.0512. The third kappa shape index (κ3) is 3.36. The van der Waals surface area contributed by atoms with Crippen molar-refractivity contribution in [3.8, 4) is 0 Å². The van der Waals surface area contributed by atoms with Crippen LogP contribution in [-0.4, -0.2) is 63.2 Å². The number of hydrogen-bond acceptors (Lipinski definition) is 2. The van der Waals surface area contributed by atoms with Crippen LogP contribution in [0.5, 0.6) is 0 Å². The largest absolute Gasteiger partial charge is 0.311 e. The van der Waals surface area contributed by atoms with E-state index < -0.39 is 0 Å². The third-order valence-electron chi connectivity index (χ3n) is 9.04. The lowest BCUT2D eigenvalue weighted by atomic mass is 9.79. The van der Waals surface area contributed by atoms with Crippen molar-refractivity contribution >= 4 is 29.5 Å². The first kappa shape index (κ1) is 25.9. The lowest BCUT2D eigenvalue weighted by molar-refractivity contribution is -0.660. The Labute approximate surface area is 224 Å². The van der Waals surface area contributed by atoms with Gasteiger partial charge >= 0.3 is 0 Å². The predicted molar refractivity (Wildman–Crippen MR) is 158 cm³/mol. The van der Waals surface area contributed by atoms with Crippen molar-refractivity contribution in [3.05, 3.63) is 58.8 Å². The fourth-order valence-corrected chi connectivity index (χ4v) is 7.31. The van der Waals surface area contributed by atoms with Gasteiger partial charge in [0.05, 0.1) is 6.21 Å². The number of benzene rings is 2. The molecule has 4 heteroatoms. The third-order valence-corrected chi connectivity index (χ3v) is 9.04. The van der Waals surface area contributed by atoms with Gasteiger partial charge in [0, 0.05) is 23.4 Å². The van der Waals surface area contributed by atoms with Gasteiger partial charge in [-0.3, -0.25) is 0 Å². The molecule has 0 saturated heterocycles. The standard InChI is InChI=1S/C33H46N4/c1-21(2)25-18-36(22(3)4)33(37(19-25)23(5)6)30-29-24(17-35(20-34-11)32(30,33)10)16-28(31(7,8)9)26-14-12-13-15-27(26)29/h12-23,30H,1-11H3/q+2. The van der Waals surface area contributed by atoms with Gasteiger partial charge in [0.1, 0.15) is 19.0 Å². The fraction of sp³-hybridized carbons (Fsp3) is 0.545. The Hall–Kier alpha value is -2.75. The summed E-state index contributed by atoms with van der Waals surface area (Å²) in [4.78, 5) is 7.24. The van der Waals surface area contributed by atoms with Crippen LogP contribution >= 0.6 is 0 Å². The molecule has 0 radical (unpaired) electrons. The Bertz CT molecular complexity index is 1380. The Balaban J connectivity index is 1.90. The lowest BCUT2D eigenvalue weighted by Gasteiger charge is -2.38. The van der Waals surface area contributed by atoms with Crippen molar-refractivity contribution in [1.29, 1.82) is 0 Å². The number of allylic oxidation sites excluding steroid dienone is 1. The van der Waals surface area contributed by atoms with Crippen molar-refractivity contribution in [2.75, 3.05) is 7.05 Å². The first-order valence-electron chi connectivity index (χ1n) is 14.1. The Morgan fingerprint density at radius 3 is 2.19 bits per heavy atom. The lowest BCUT2D eigenvalue weighted by Crippen LogP contribution is -2.58. The predicted octanol–water partition coefficient (Wildman–Crippen LogP) is 6.55. The summed E-state index contributed by atoms with van der Waals surface area (Å²) in [5.41, 5.74) is 5.27. The molecular weight excluding hydrogens is 452 g/mol. The van der Waals surface area contributed by atoms with Crippen LogP contribution in [0.15, 0.2) is 47.1 Å².